The molecule has 0 radical (unpaired) electrons. The highest BCUT2D eigenvalue weighted by Crippen LogP contribution is 2.23. The van der Waals surface area contributed by atoms with Gasteiger partial charge in [0.1, 0.15) is 17.6 Å². The molecule has 1 rings (SSSR count). The van der Waals surface area contributed by atoms with E-state index in [1.54, 1.807) is 19.0 Å². The van der Waals surface area contributed by atoms with Crippen LogP contribution >= 0.6 is 0 Å². The minimum atomic E-state index is -0.583. The molecule has 0 fully saturated rings. The molecule has 1 amide bonds. The van der Waals surface area contributed by atoms with Crippen molar-refractivity contribution in [1.82, 2.24) is 9.88 Å². The molecule has 0 aromatic carbocycles. The van der Waals surface area contributed by atoms with Crippen molar-refractivity contribution in [3.63, 3.8) is 0 Å². The Bertz CT molecular complexity index is 531. The van der Waals surface area contributed by atoms with Crippen LogP contribution in [0.2, 0.25) is 0 Å². The van der Waals surface area contributed by atoms with E-state index in [2.05, 4.69) is 24.1 Å². The molecular formula is C14H22N4O3. The zero-order valence-electron chi connectivity index (χ0n) is 13.1. The lowest BCUT2D eigenvalue weighted by atomic mass is 10.0. The van der Waals surface area contributed by atoms with Crippen LogP contribution < -0.4 is 5.32 Å². The van der Waals surface area contributed by atoms with Gasteiger partial charge >= 0.3 is 0 Å². The molecular weight excluding hydrogens is 272 g/mol. The van der Waals surface area contributed by atoms with Crippen LogP contribution in [-0.2, 0) is 0 Å². The second-order valence-electron chi connectivity index (χ2n) is 5.49. The van der Waals surface area contributed by atoms with Crippen LogP contribution in [-0.4, -0.2) is 40.9 Å². The molecule has 1 N–H and O–H groups in total. The zero-order valence-corrected chi connectivity index (χ0v) is 13.1. The number of nitrogens with zero attached hydrogens (tertiary/aromatic N) is 3. The molecule has 0 bridgehead atoms. The summed E-state index contributed by atoms with van der Waals surface area (Å²) in [5, 5.41) is 13.9. The number of carbonyl (C=O) groups is 1. The zero-order chi connectivity index (χ0) is 16.2. The van der Waals surface area contributed by atoms with Gasteiger partial charge in [-0.3, -0.25) is 14.9 Å². The van der Waals surface area contributed by atoms with E-state index < -0.39 is 4.92 Å². The Morgan fingerprint density at radius 2 is 2.10 bits per heavy atom. The molecule has 0 aliphatic heterocycles. The fraction of sp³-hybridized carbons (Fsp3) is 0.571. The molecule has 1 aromatic rings. The number of hydrogen-bond acceptors (Lipinski definition) is 5. The number of rotatable bonds is 6. The van der Waals surface area contributed by atoms with Gasteiger partial charge in [0.25, 0.3) is 11.6 Å². The summed E-state index contributed by atoms with van der Waals surface area (Å²) in [6.07, 6.45) is 1.94. The van der Waals surface area contributed by atoms with E-state index in [1.807, 2.05) is 6.92 Å². The van der Waals surface area contributed by atoms with Crippen molar-refractivity contribution in [3.8, 4) is 0 Å². The standard InChI is InChI=1S/C14H22N4O3/c1-9(2)6-10(3)17(5)14(19)11-7-13(15-4)16-8-12(11)18(20)21/h7-10H,6H2,1-5H3,(H,15,16). The third-order valence-electron chi connectivity index (χ3n) is 3.36. The fourth-order valence-electron chi connectivity index (χ4n) is 2.13. The van der Waals surface area contributed by atoms with Gasteiger partial charge in [-0.1, -0.05) is 13.8 Å². The van der Waals surface area contributed by atoms with E-state index in [1.165, 1.54) is 6.07 Å². The lowest BCUT2D eigenvalue weighted by molar-refractivity contribution is -0.385. The predicted molar refractivity (Wildman–Crippen MR) is 81.4 cm³/mol. The minimum absolute atomic E-state index is 0.00306. The second-order valence-corrected chi connectivity index (χ2v) is 5.49. The summed E-state index contributed by atoms with van der Waals surface area (Å²) in [4.78, 5) is 28.4. The lowest BCUT2D eigenvalue weighted by Crippen LogP contribution is -2.36. The molecule has 1 aromatic heterocycles. The SMILES string of the molecule is CNc1cc(C(=O)N(C)C(C)CC(C)C)c([N+](=O)[O-])cn1. The van der Waals surface area contributed by atoms with Crippen LogP contribution in [0.1, 0.15) is 37.6 Å². The smallest absolute Gasteiger partial charge is 0.300 e. The molecule has 0 aliphatic rings. The van der Waals surface area contributed by atoms with Gasteiger partial charge in [-0.2, -0.15) is 0 Å². The highest BCUT2D eigenvalue weighted by molar-refractivity contribution is 5.98. The van der Waals surface area contributed by atoms with Gasteiger partial charge in [-0.15, -0.1) is 0 Å². The molecule has 7 nitrogen and oxygen atoms in total. The third-order valence-corrected chi connectivity index (χ3v) is 3.36. The van der Waals surface area contributed by atoms with Crippen LogP contribution in [0.4, 0.5) is 11.5 Å². The van der Waals surface area contributed by atoms with E-state index >= 15 is 0 Å². The van der Waals surface area contributed by atoms with Crippen molar-refractivity contribution in [2.24, 2.45) is 5.92 Å². The third kappa shape index (κ3) is 4.14. The number of amides is 1. The van der Waals surface area contributed by atoms with Gasteiger partial charge in [0.2, 0.25) is 0 Å². The summed E-state index contributed by atoms with van der Waals surface area (Å²) >= 11 is 0. The van der Waals surface area contributed by atoms with Crippen LogP contribution in [0.15, 0.2) is 12.3 Å². The highest BCUT2D eigenvalue weighted by Gasteiger charge is 2.26. The molecule has 7 heteroatoms. The van der Waals surface area contributed by atoms with Crippen molar-refractivity contribution >= 4 is 17.4 Å². The Morgan fingerprint density at radius 3 is 2.57 bits per heavy atom. The summed E-state index contributed by atoms with van der Waals surface area (Å²) in [6.45, 7) is 6.08. The normalized spacial score (nSPS) is 12.1. The lowest BCUT2D eigenvalue weighted by Gasteiger charge is -2.26. The quantitative estimate of drug-likeness (QED) is 0.643. The summed E-state index contributed by atoms with van der Waals surface area (Å²) in [5.74, 6) is 0.498. The largest absolute Gasteiger partial charge is 0.373 e. The van der Waals surface area contributed by atoms with Gasteiger partial charge in [0.15, 0.2) is 0 Å². The van der Waals surface area contributed by atoms with Crippen molar-refractivity contribution in [3.05, 3.63) is 27.9 Å². The van der Waals surface area contributed by atoms with Gasteiger partial charge in [-0.05, 0) is 19.3 Å². The Morgan fingerprint density at radius 1 is 1.48 bits per heavy atom. The summed E-state index contributed by atoms with van der Waals surface area (Å²) in [7, 11) is 3.31. The van der Waals surface area contributed by atoms with Gasteiger partial charge in [0, 0.05) is 26.2 Å². The van der Waals surface area contributed by atoms with Gasteiger partial charge in [-0.25, -0.2) is 4.98 Å². The number of pyridine rings is 1. The maximum absolute atomic E-state index is 12.5. The average molecular weight is 294 g/mol. The Labute approximate surface area is 124 Å². The van der Waals surface area contributed by atoms with E-state index in [4.69, 9.17) is 0 Å². The van der Waals surface area contributed by atoms with Crippen LogP contribution in [0.3, 0.4) is 0 Å². The second kappa shape index (κ2) is 7.01. The molecule has 1 atom stereocenters. The molecule has 116 valence electrons. The Hall–Kier alpha value is -2.18. The minimum Gasteiger partial charge on any atom is -0.373 e. The topological polar surface area (TPSA) is 88.4 Å². The molecule has 0 saturated carbocycles. The Kier molecular flexibility index (Phi) is 5.63. The monoisotopic (exact) mass is 294 g/mol. The van der Waals surface area contributed by atoms with Crippen molar-refractivity contribution in [2.45, 2.75) is 33.2 Å². The highest BCUT2D eigenvalue weighted by atomic mass is 16.6. The number of nitro groups is 1. The van der Waals surface area contributed by atoms with Crippen molar-refractivity contribution in [2.75, 3.05) is 19.4 Å². The fourth-order valence-corrected chi connectivity index (χ4v) is 2.13. The van der Waals surface area contributed by atoms with Crippen LogP contribution in [0.5, 0.6) is 0 Å². The summed E-state index contributed by atoms with van der Waals surface area (Å²) < 4.78 is 0. The molecule has 1 heterocycles. The van der Waals surface area contributed by atoms with Crippen LogP contribution in [0.25, 0.3) is 0 Å². The Balaban J connectivity index is 3.12. The molecule has 21 heavy (non-hydrogen) atoms. The molecule has 1 unspecified atom stereocenters. The van der Waals surface area contributed by atoms with Crippen molar-refractivity contribution < 1.29 is 9.72 Å². The maximum Gasteiger partial charge on any atom is 0.300 e. The first-order valence-corrected chi connectivity index (χ1v) is 6.87. The first kappa shape index (κ1) is 16.9. The first-order chi connectivity index (χ1) is 9.77. The summed E-state index contributed by atoms with van der Waals surface area (Å²) in [5.41, 5.74) is -0.222. The molecule has 0 saturated heterocycles. The molecule has 0 spiro atoms. The predicted octanol–water partition coefficient (Wildman–Crippen LogP) is 2.54. The maximum atomic E-state index is 12.5. The average Bonchev–Trinajstić information content (AvgIpc) is 2.44. The first-order valence-electron chi connectivity index (χ1n) is 6.87. The van der Waals surface area contributed by atoms with Crippen LogP contribution in [0, 0.1) is 16.0 Å². The number of hydrogen-bond donors (Lipinski definition) is 1. The van der Waals surface area contributed by atoms with E-state index in [0.717, 1.165) is 12.6 Å². The van der Waals surface area contributed by atoms with Crippen molar-refractivity contribution in [1.29, 1.82) is 0 Å². The number of nitrogens with one attached hydrogen (secondary N) is 1. The summed E-state index contributed by atoms with van der Waals surface area (Å²) in [6, 6.07) is 1.42. The van der Waals surface area contributed by atoms with Gasteiger partial charge in [0.05, 0.1) is 4.92 Å². The number of anilines is 1. The number of aromatic nitrogens is 1. The number of carbonyl (C=O) groups excluding carboxylic acids is 1. The van der Waals surface area contributed by atoms with E-state index in [-0.39, 0.29) is 23.2 Å². The van der Waals surface area contributed by atoms with E-state index in [9.17, 15) is 14.9 Å². The van der Waals surface area contributed by atoms with E-state index in [0.29, 0.717) is 11.7 Å². The van der Waals surface area contributed by atoms with Gasteiger partial charge < -0.3 is 10.2 Å². The molecule has 0 aliphatic carbocycles.